The molecule has 0 spiro atoms. The standard InChI is InChI=1S/C10H15NO2/c11-7-9(10(12)13)6-8-4-2-1-3-5-8/h8-9H,1-6H2,(H,12,13)/t9-/m1/s1. The first-order chi connectivity index (χ1) is 6.24. The molecular formula is C10H15NO2. The molecule has 1 rings (SSSR count). The lowest BCUT2D eigenvalue weighted by atomic mass is 9.83. The fraction of sp³-hybridized carbons (Fsp3) is 0.800. The van der Waals surface area contributed by atoms with Crippen LogP contribution in [0.4, 0.5) is 0 Å². The average Bonchev–Trinajstić information content (AvgIpc) is 2.15. The van der Waals surface area contributed by atoms with Gasteiger partial charge in [0.05, 0.1) is 6.07 Å². The van der Waals surface area contributed by atoms with Crippen molar-refractivity contribution in [2.45, 2.75) is 38.5 Å². The maximum atomic E-state index is 10.6. The Kier molecular flexibility index (Phi) is 3.75. The van der Waals surface area contributed by atoms with Crippen LogP contribution in [-0.4, -0.2) is 11.1 Å². The Hall–Kier alpha value is -1.04. The molecule has 0 aromatic carbocycles. The smallest absolute Gasteiger partial charge is 0.320 e. The molecule has 0 aromatic heterocycles. The van der Waals surface area contributed by atoms with Crippen molar-refractivity contribution in [2.24, 2.45) is 11.8 Å². The summed E-state index contributed by atoms with van der Waals surface area (Å²) in [6.07, 6.45) is 6.41. The Morgan fingerprint density at radius 2 is 2.08 bits per heavy atom. The van der Waals surface area contributed by atoms with E-state index in [2.05, 4.69) is 0 Å². The molecule has 0 saturated heterocycles. The lowest BCUT2D eigenvalue weighted by Crippen LogP contribution is -2.17. The van der Waals surface area contributed by atoms with Gasteiger partial charge in [0.25, 0.3) is 0 Å². The van der Waals surface area contributed by atoms with Gasteiger partial charge in [-0.25, -0.2) is 0 Å². The normalized spacial score (nSPS) is 20.5. The molecule has 13 heavy (non-hydrogen) atoms. The van der Waals surface area contributed by atoms with Crippen molar-refractivity contribution in [2.75, 3.05) is 0 Å². The molecule has 1 aliphatic carbocycles. The van der Waals surface area contributed by atoms with Crippen molar-refractivity contribution in [3.8, 4) is 6.07 Å². The number of nitriles is 1. The highest BCUT2D eigenvalue weighted by Crippen LogP contribution is 2.28. The first kappa shape index (κ1) is 10.0. The zero-order chi connectivity index (χ0) is 9.68. The van der Waals surface area contributed by atoms with Crippen molar-refractivity contribution in [3.05, 3.63) is 0 Å². The predicted octanol–water partition coefficient (Wildman–Crippen LogP) is 2.18. The van der Waals surface area contributed by atoms with Gasteiger partial charge in [-0.15, -0.1) is 0 Å². The number of hydrogen-bond donors (Lipinski definition) is 1. The van der Waals surface area contributed by atoms with Gasteiger partial charge < -0.3 is 5.11 Å². The fourth-order valence-corrected chi connectivity index (χ4v) is 1.96. The van der Waals surface area contributed by atoms with E-state index in [1.165, 1.54) is 19.3 Å². The predicted molar refractivity (Wildman–Crippen MR) is 47.9 cm³/mol. The topological polar surface area (TPSA) is 61.1 Å². The molecule has 0 radical (unpaired) electrons. The van der Waals surface area contributed by atoms with E-state index in [0.717, 1.165) is 12.8 Å². The van der Waals surface area contributed by atoms with E-state index in [-0.39, 0.29) is 0 Å². The van der Waals surface area contributed by atoms with Crippen molar-refractivity contribution in [1.29, 1.82) is 5.26 Å². The van der Waals surface area contributed by atoms with Gasteiger partial charge in [0.2, 0.25) is 0 Å². The van der Waals surface area contributed by atoms with Crippen molar-refractivity contribution >= 4 is 5.97 Å². The highest BCUT2D eigenvalue weighted by atomic mass is 16.4. The Balaban J connectivity index is 2.37. The van der Waals surface area contributed by atoms with E-state index in [9.17, 15) is 4.79 Å². The van der Waals surface area contributed by atoms with Gasteiger partial charge in [-0.3, -0.25) is 4.79 Å². The lowest BCUT2D eigenvalue weighted by molar-refractivity contribution is -0.140. The maximum absolute atomic E-state index is 10.6. The summed E-state index contributed by atoms with van der Waals surface area (Å²) in [7, 11) is 0. The number of aliphatic carboxylic acids is 1. The van der Waals surface area contributed by atoms with Gasteiger partial charge >= 0.3 is 5.97 Å². The van der Waals surface area contributed by atoms with Crippen molar-refractivity contribution in [3.63, 3.8) is 0 Å². The molecule has 0 amide bonds. The van der Waals surface area contributed by atoms with Crippen LogP contribution in [-0.2, 0) is 4.79 Å². The second-order valence-corrected chi connectivity index (χ2v) is 3.76. The number of carboxylic acid groups (broad SMARTS) is 1. The first-order valence-electron chi connectivity index (χ1n) is 4.86. The average molecular weight is 181 g/mol. The second-order valence-electron chi connectivity index (χ2n) is 3.76. The van der Waals surface area contributed by atoms with Gasteiger partial charge in [0.1, 0.15) is 5.92 Å². The van der Waals surface area contributed by atoms with E-state index < -0.39 is 11.9 Å². The summed E-state index contributed by atoms with van der Waals surface area (Å²) in [5, 5.41) is 17.3. The van der Waals surface area contributed by atoms with Gasteiger partial charge in [-0.2, -0.15) is 5.26 Å². The molecule has 72 valence electrons. The molecule has 1 saturated carbocycles. The van der Waals surface area contributed by atoms with E-state index in [4.69, 9.17) is 10.4 Å². The fourth-order valence-electron chi connectivity index (χ4n) is 1.96. The van der Waals surface area contributed by atoms with Crippen LogP contribution in [0.1, 0.15) is 38.5 Å². The minimum Gasteiger partial charge on any atom is -0.480 e. The van der Waals surface area contributed by atoms with Crippen LogP contribution in [0.2, 0.25) is 0 Å². The highest BCUT2D eigenvalue weighted by molar-refractivity contribution is 5.72. The van der Waals surface area contributed by atoms with E-state index in [0.29, 0.717) is 12.3 Å². The zero-order valence-corrected chi connectivity index (χ0v) is 7.70. The van der Waals surface area contributed by atoms with Gasteiger partial charge in [0, 0.05) is 0 Å². The van der Waals surface area contributed by atoms with Crippen molar-refractivity contribution in [1.82, 2.24) is 0 Å². The van der Waals surface area contributed by atoms with Crippen LogP contribution in [0, 0.1) is 23.2 Å². The van der Waals surface area contributed by atoms with Crippen molar-refractivity contribution < 1.29 is 9.90 Å². The minimum atomic E-state index is -0.965. The quantitative estimate of drug-likeness (QED) is 0.725. The lowest BCUT2D eigenvalue weighted by Gasteiger charge is -2.21. The Labute approximate surface area is 78.4 Å². The van der Waals surface area contributed by atoms with Crippen LogP contribution in [0.25, 0.3) is 0 Å². The van der Waals surface area contributed by atoms with E-state index in [1.807, 2.05) is 6.07 Å². The second kappa shape index (κ2) is 4.86. The summed E-state index contributed by atoms with van der Waals surface area (Å²) in [4.78, 5) is 10.6. The summed E-state index contributed by atoms with van der Waals surface area (Å²) < 4.78 is 0. The van der Waals surface area contributed by atoms with Gasteiger partial charge in [-0.05, 0) is 12.3 Å². The molecule has 0 heterocycles. The third-order valence-electron chi connectivity index (χ3n) is 2.75. The van der Waals surface area contributed by atoms with Gasteiger partial charge in [-0.1, -0.05) is 32.1 Å². The minimum absolute atomic E-state index is 0.467. The van der Waals surface area contributed by atoms with E-state index in [1.54, 1.807) is 0 Å². The molecule has 3 nitrogen and oxygen atoms in total. The van der Waals surface area contributed by atoms with Crippen LogP contribution >= 0.6 is 0 Å². The summed E-state index contributed by atoms with van der Waals surface area (Å²) in [5.74, 6) is -1.29. The third kappa shape index (κ3) is 3.06. The molecule has 0 unspecified atom stereocenters. The number of carboxylic acids is 1. The van der Waals surface area contributed by atoms with Gasteiger partial charge in [0.15, 0.2) is 0 Å². The summed E-state index contributed by atoms with van der Waals surface area (Å²) in [6, 6.07) is 1.85. The molecule has 1 N–H and O–H groups in total. The monoisotopic (exact) mass is 181 g/mol. The molecular weight excluding hydrogens is 166 g/mol. The SMILES string of the molecule is N#C[C@@H](CC1CCCCC1)C(=O)O. The Morgan fingerprint density at radius 3 is 2.54 bits per heavy atom. The van der Waals surface area contributed by atoms with Crippen LogP contribution in [0.5, 0.6) is 0 Å². The number of rotatable bonds is 3. The molecule has 1 atom stereocenters. The molecule has 0 aliphatic heterocycles. The molecule has 0 bridgehead atoms. The number of nitrogens with zero attached hydrogens (tertiary/aromatic N) is 1. The zero-order valence-electron chi connectivity index (χ0n) is 7.70. The van der Waals surface area contributed by atoms with Crippen LogP contribution in [0.15, 0.2) is 0 Å². The number of carbonyl (C=O) groups is 1. The maximum Gasteiger partial charge on any atom is 0.320 e. The Morgan fingerprint density at radius 1 is 1.46 bits per heavy atom. The summed E-state index contributed by atoms with van der Waals surface area (Å²) in [5.41, 5.74) is 0. The van der Waals surface area contributed by atoms with Crippen LogP contribution in [0.3, 0.4) is 0 Å². The largest absolute Gasteiger partial charge is 0.480 e. The molecule has 1 aliphatic rings. The summed E-state index contributed by atoms with van der Waals surface area (Å²) in [6.45, 7) is 0. The third-order valence-corrected chi connectivity index (χ3v) is 2.75. The Bertz CT molecular complexity index is 213. The highest BCUT2D eigenvalue weighted by Gasteiger charge is 2.23. The first-order valence-corrected chi connectivity index (χ1v) is 4.86. The number of hydrogen-bond acceptors (Lipinski definition) is 2. The molecule has 0 aromatic rings. The van der Waals surface area contributed by atoms with E-state index >= 15 is 0 Å². The summed E-state index contributed by atoms with van der Waals surface area (Å²) >= 11 is 0. The van der Waals surface area contributed by atoms with Crippen LogP contribution < -0.4 is 0 Å². The molecule has 1 fully saturated rings. The molecule has 3 heteroatoms.